The topological polar surface area (TPSA) is 75.2 Å². The van der Waals surface area contributed by atoms with Crippen LogP contribution in [0.5, 0.6) is 0 Å². The van der Waals surface area contributed by atoms with Crippen molar-refractivity contribution in [2.75, 3.05) is 14.1 Å². The lowest BCUT2D eigenvalue weighted by Gasteiger charge is -2.13. The number of nitrogens with zero attached hydrogens (tertiary/aromatic N) is 3. The third-order valence-corrected chi connectivity index (χ3v) is 4.49. The Hall–Kier alpha value is -2.76. The molecule has 1 aliphatic rings. The van der Waals surface area contributed by atoms with Gasteiger partial charge in [0.15, 0.2) is 0 Å². The first-order valence-corrected chi connectivity index (χ1v) is 8.36. The molecule has 0 aliphatic heterocycles. The molecule has 1 N–H and O–H groups in total. The van der Waals surface area contributed by atoms with Crippen molar-refractivity contribution in [1.82, 2.24) is 20.2 Å². The maximum Gasteiger partial charge on any atom is 0.257 e. The van der Waals surface area contributed by atoms with Gasteiger partial charge in [0.2, 0.25) is 5.91 Å². The zero-order chi connectivity index (χ0) is 18.0. The Morgan fingerprint density at radius 2 is 1.92 bits per heavy atom. The molecule has 130 valence electrons. The van der Waals surface area contributed by atoms with E-state index in [0.717, 1.165) is 17.5 Å². The van der Waals surface area contributed by atoms with Gasteiger partial charge in [-0.1, -0.05) is 31.2 Å². The van der Waals surface area contributed by atoms with E-state index in [0.29, 0.717) is 23.7 Å². The lowest BCUT2D eigenvalue weighted by Crippen LogP contribution is -2.24. The molecule has 0 saturated heterocycles. The maximum absolute atomic E-state index is 12.3. The average molecular weight is 338 g/mol. The normalized spacial score (nSPS) is 18.5. The molecule has 1 aliphatic carbocycles. The number of aromatic nitrogens is 2. The van der Waals surface area contributed by atoms with Crippen molar-refractivity contribution in [3.8, 4) is 11.3 Å². The van der Waals surface area contributed by atoms with E-state index in [1.54, 1.807) is 14.1 Å². The highest BCUT2D eigenvalue weighted by Crippen LogP contribution is 2.37. The van der Waals surface area contributed by atoms with E-state index in [-0.39, 0.29) is 17.7 Å². The third kappa shape index (κ3) is 3.84. The van der Waals surface area contributed by atoms with Crippen molar-refractivity contribution < 1.29 is 9.59 Å². The van der Waals surface area contributed by atoms with Crippen molar-refractivity contribution in [2.45, 2.75) is 19.9 Å². The van der Waals surface area contributed by atoms with Crippen LogP contribution in [0.2, 0.25) is 0 Å². The van der Waals surface area contributed by atoms with E-state index in [2.05, 4.69) is 22.2 Å². The van der Waals surface area contributed by atoms with Gasteiger partial charge in [-0.3, -0.25) is 9.59 Å². The standard InChI is InChI=1S/C19H22N4O2/c1-12-8-15(12)18(24)21-9-13-4-6-14(7-5-13)17-16(10-20-11-22-17)19(25)23(2)3/h4-7,10-12,15H,8-9H2,1-3H3,(H,21,24)/t12-,15-/m1/s1. The van der Waals surface area contributed by atoms with Gasteiger partial charge in [-0.2, -0.15) is 0 Å². The zero-order valence-corrected chi connectivity index (χ0v) is 14.7. The molecule has 0 bridgehead atoms. The van der Waals surface area contributed by atoms with E-state index in [1.165, 1.54) is 17.4 Å². The van der Waals surface area contributed by atoms with Crippen molar-refractivity contribution in [3.63, 3.8) is 0 Å². The summed E-state index contributed by atoms with van der Waals surface area (Å²) in [7, 11) is 3.40. The Balaban J connectivity index is 1.72. The summed E-state index contributed by atoms with van der Waals surface area (Å²) in [5, 5.41) is 2.97. The number of benzene rings is 1. The van der Waals surface area contributed by atoms with E-state index >= 15 is 0 Å². The summed E-state index contributed by atoms with van der Waals surface area (Å²) in [5.41, 5.74) is 2.94. The average Bonchev–Trinajstić information content (AvgIpc) is 3.36. The largest absolute Gasteiger partial charge is 0.352 e. The van der Waals surface area contributed by atoms with Gasteiger partial charge in [0.25, 0.3) is 5.91 Å². The lowest BCUT2D eigenvalue weighted by molar-refractivity contribution is -0.122. The van der Waals surface area contributed by atoms with Gasteiger partial charge >= 0.3 is 0 Å². The Bertz CT molecular complexity index is 786. The van der Waals surface area contributed by atoms with Gasteiger partial charge in [0.1, 0.15) is 6.33 Å². The number of rotatable bonds is 5. The van der Waals surface area contributed by atoms with Gasteiger partial charge in [-0.15, -0.1) is 0 Å². The number of carbonyl (C=O) groups is 2. The fraction of sp³-hybridized carbons (Fsp3) is 0.368. The first kappa shape index (κ1) is 17.1. The molecule has 1 aromatic carbocycles. The smallest absolute Gasteiger partial charge is 0.257 e. The predicted octanol–water partition coefficient (Wildman–Crippen LogP) is 2.12. The molecule has 2 amide bonds. The molecule has 2 atom stereocenters. The molecule has 25 heavy (non-hydrogen) atoms. The second-order valence-corrected chi connectivity index (χ2v) is 6.72. The van der Waals surface area contributed by atoms with Crippen LogP contribution in [0.15, 0.2) is 36.8 Å². The number of amides is 2. The van der Waals surface area contributed by atoms with Crippen LogP contribution < -0.4 is 5.32 Å². The van der Waals surface area contributed by atoms with Crippen molar-refractivity contribution in [3.05, 3.63) is 47.9 Å². The summed E-state index contributed by atoms with van der Waals surface area (Å²) >= 11 is 0. The number of nitrogens with one attached hydrogen (secondary N) is 1. The number of hydrogen-bond donors (Lipinski definition) is 1. The van der Waals surface area contributed by atoms with Gasteiger partial charge < -0.3 is 10.2 Å². The quantitative estimate of drug-likeness (QED) is 0.906. The molecule has 1 aromatic heterocycles. The molecule has 1 fully saturated rings. The van der Waals surface area contributed by atoms with Crippen LogP contribution in [-0.4, -0.2) is 40.8 Å². The maximum atomic E-state index is 12.3. The van der Waals surface area contributed by atoms with Crippen molar-refractivity contribution in [1.29, 1.82) is 0 Å². The SMILES string of the molecule is C[C@@H]1C[C@H]1C(=O)NCc1ccc(-c2ncncc2C(=O)N(C)C)cc1. The molecular formula is C19H22N4O2. The monoisotopic (exact) mass is 338 g/mol. The van der Waals surface area contributed by atoms with E-state index < -0.39 is 0 Å². The molecular weight excluding hydrogens is 316 g/mol. The van der Waals surface area contributed by atoms with Crippen LogP contribution in [-0.2, 0) is 11.3 Å². The van der Waals surface area contributed by atoms with Gasteiger partial charge in [-0.25, -0.2) is 9.97 Å². The minimum absolute atomic E-state index is 0.131. The van der Waals surface area contributed by atoms with Gasteiger partial charge in [0, 0.05) is 38.3 Å². The van der Waals surface area contributed by atoms with Crippen LogP contribution in [0.1, 0.15) is 29.3 Å². The Morgan fingerprint density at radius 1 is 1.24 bits per heavy atom. The molecule has 1 heterocycles. The second-order valence-electron chi connectivity index (χ2n) is 6.72. The summed E-state index contributed by atoms with van der Waals surface area (Å²) in [6.07, 6.45) is 3.96. The molecule has 6 heteroatoms. The van der Waals surface area contributed by atoms with Crippen LogP contribution in [0.4, 0.5) is 0 Å². The highest BCUT2D eigenvalue weighted by atomic mass is 16.2. The minimum atomic E-state index is -0.134. The molecule has 1 saturated carbocycles. The second kappa shape index (κ2) is 7.01. The molecule has 0 unspecified atom stereocenters. The number of carbonyl (C=O) groups excluding carboxylic acids is 2. The summed E-state index contributed by atoms with van der Waals surface area (Å²) in [6, 6.07) is 7.71. The van der Waals surface area contributed by atoms with Crippen LogP contribution >= 0.6 is 0 Å². The number of hydrogen-bond acceptors (Lipinski definition) is 4. The van der Waals surface area contributed by atoms with Crippen molar-refractivity contribution in [2.24, 2.45) is 11.8 Å². The van der Waals surface area contributed by atoms with Crippen LogP contribution in [0.25, 0.3) is 11.3 Å². The highest BCUT2D eigenvalue weighted by Gasteiger charge is 2.38. The fourth-order valence-corrected chi connectivity index (χ4v) is 2.75. The van der Waals surface area contributed by atoms with Crippen LogP contribution in [0, 0.1) is 11.8 Å². The minimum Gasteiger partial charge on any atom is -0.352 e. The Kier molecular flexibility index (Phi) is 4.79. The summed E-state index contributed by atoms with van der Waals surface area (Å²) in [5.74, 6) is 0.685. The van der Waals surface area contributed by atoms with E-state index in [4.69, 9.17) is 0 Å². The first-order valence-electron chi connectivity index (χ1n) is 8.36. The highest BCUT2D eigenvalue weighted by molar-refractivity contribution is 5.99. The lowest BCUT2D eigenvalue weighted by atomic mass is 10.0. The summed E-state index contributed by atoms with van der Waals surface area (Å²) in [6.45, 7) is 2.60. The molecule has 0 radical (unpaired) electrons. The van der Waals surface area contributed by atoms with Crippen LogP contribution in [0.3, 0.4) is 0 Å². The Morgan fingerprint density at radius 3 is 2.52 bits per heavy atom. The fourth-order valence-electron chi connectivity index (χ4n) is 2.75. The van der Waals surface area contributed by atoms with E-state index in [1.807, 2.05) is 24.3 Å². The summed E-state index contributed by atoms with van der Waals surface area (Å²) in [4.78, 5) is 33.9. The van der Waals surface area contributed by atoms with Gasteiger partial charge in [-0.05, 0) is 17.9 Å². The third-order valence-electron chi connectivity index (χ3n) is 4.49. The molecule has 3 rings (SSSR count). The van der Waals surface area contributed by atoms with Crippen molar-refractivity contribution >= 4 is 11.8 Å². The predicted molar refractivity (Wildman–Crippen MR) is 94.6 cm³/mol. The first-order chi connectivity index (χ1) is 12.0. The summed E-state index contributed by atoms with van der Waals surface area (Å²) < 4.78 is 0. The Labute approximate surface area is 147 Å². The van der Waals surface area contributed by atoms with E-state index in [9.17, 15) is 9.59 Å². The zero-order valence-electron chi connectivity index (χ0n) is 14.7. The molecule has 2 aromatic rings. The molecule has 6 nitrogen and oxygen atoms in total. The molecule has 0 spiro atoms. The van der Waals surface area contributed by atoms with Gasteiger partial charge in [0.05, 0.1) is 11.3 Å².